The summed E-state index contributed by atoms with van der Waals surface area (Å²) in [5.41, 5.74) is 4.69. The largest absolute Gasteiger partial charge is 0.496 e. The maximum Gasteiger partial charge on any atom is 0.305 e. The Morgan fingerprint density at radius 1 is 1.11 bits per heavy atom. The summed E-state index contributed by atoms with van der Waals surface area (Å²) in [6.45, 7) is 5.63. The molecule has 0 aliphatic heterocycles. The Morgan fingerprint density at radius 2 is 1.80 bits per heavy atom. The molecule has 0 spiro atoms. The van der Waals surface area contributed by atoms with Gasteiger partial charge in [-0.2, -0.15) is 0 Å². The van der Waals surface area contributed by atoms with E-state index in [1.807, 2.05) is 32.2 Å². The Kier molecular flexibility index (Phi) is 8.73. The number of anilines is 1. The van der Waals surface area contributed by atoms with Crippen molar-refractivity contribution in [1.82, 2.24) is 10.3 Å². The molecule has 0 unspecified atom stereocenters. The average Bonchev–Trinajstić information content (AvgIpc) is 3.34. The van der Waals surface area contributed by atoms with Crippen LogP contribution >= 0.6 is 0 Å². The van der Waals surface area contributed by atoms with Crippen molar-refractivity contribution in [3.63, 3.8) is 0 Å². The Hall–Kier alpha value is -3.55. The molecule has 1 saturated carbocycles. The van der Waals surface area contributed by atoms with Crippen molar-refractivity contribution in [1.29, 1.82) is 0 Å². The summed E-state index contributed by atoms with van der Waals surface area (Å²) in [7, 11) is 3.23. The van der Waals surface area contributed by atoms with E-state index >= 15 is 0 Å². The SMILES string of the molecule is COc1c(C)c(-c2ccc(NC3CCCC3)nc2)c(OC)c(C)c1C=C(C)C(=O)NCCC(=O)O. The first-order chi connectivity index (χ1) is 16.8. The smallest absolute Gasteiger partial charge is 0.305 e. The molecule has 35 heavy (non-hydrogen) atoms. The molecule has 3 rings (SSSR count). The lowest BCUT2D eigenvalue weighted by Gasteiger charge is -2.21. The summed E-state index contributed by atoms with van der Waals surface area (Å²) >= 11 is 0. The number of benzene rings is 1. The van der Waals surface area contributed by atoms with Crippen molar-refractivity contribution in [2.24, 2.45) is 0 Å². The fraction of sp³-hybridized carbons (Fsp3) is 0.444. The molecule has 1 aliphatic rings. The van der Waals surface area contributed by atoms with Crippen LogP contribution in [-0.4, -0.2) is 48.8 Å². The van der Waals surface area contributed by atoms with Crippen molar-refractivity contribution in [3.8, 4) is 22.6 Å². The number of aromatic nitrogens is 1. The van der Waals surface area contributed by atoms with E-state index in [2.05, 4.69) is 15.6 Å². The van der Waals surface area contributed by atoms with Crippen molar-refractivity contribution < 1.29 is 24.2 Å². The first-order valence-corrected chi connectivity index (χ1v) is 11.9. The molecule has 0 saturated heterocycles. The fourth-order valence-electron chi connectivity index (χ4n) is 4.62. The van der Waals surface area contributed by atoms with Gasteiger partial charge in [-0.05, 0) is 51.8 Å². The number of nitrogens with one attached hydrogen (secondary N) is 2. The van der Waals surface area contributed by atoms with Gasteiger partial charge < -0.3 is 25.2 Å². The molecular formula is C27H35N3O5. The van der Waals surface area contributed by atoms with Gasteiger partial charge in [-0.1, -0.05) is 12.8 Å². The zero-order valence-corrected chi connectivity index (χ0v) is 21.2. The number of carbonyl (C=O) groups excluding carboxylic acids is 1. The van der Waals surface area contributed by atoms with Crippen LogP contribution in [-0.2, 0) is 9.59 Å². The van der Waals surface area contributed by atoms with Crippen LogP contribution in [0, 0.1) is 13.8 Å². The molecule has 8 nitrogen and oxygen atoms in total. The number of carbonyl (C=O) groups is 2. The van der Waals surface area contributed by atoms with Crippen LogP contribution in [0.1, 0.15) is 55.7 Å². The molecule has 1 aromatic heterocycles. The summed E-state index contributed by atoms with van der Waals surface area (Å²) < 4.78 is 11.6. The summed E-state index contributed by atoms with van der Waals surface area (Å²) in [6, 6.07) is 4.51. The van der Waals surface area contributed by atoms with E-state index in [0.29, 0.717) is 23.1 Å². The number of amides is 1. The van der Waals surface area contributed by atoms with Gasteiger partial charge in [-0.3, -0.25) is 9.59 Å². The summed E-state index contributed by atoms with van der Waals surface area (Å²) in [5.74, 6) is 0.904. The topological polar surface area (TPSA) is 110 Å². The molecule has 1 fully saturated rings. The van der Waals surface area contributed by atoms with E-state index < -0.39 is 5.97 Å². The minimum Gasteiger partial charge on any atom is -0.496 e. The number of carboxylic acid groups (broad SMARTS) is 1. The fourth-order valence-corrected chi connectivity index (χ4v) is 4.62. The van der Waals surface area contributed by atoms with Crippen LogP contribution in [0.15, 0.2) is 23.9 Å². The van der Waals surface area contributed by atoms with Crippen LogP contribution in [0.3, 0.4) is 0 Å². The van der Waals surface area contributed by atoms with E-state index in [1.165, 1.54) is 25.7 Å². The zero-order valence-electron chi connectivity index (χ0n) is 21.2. The van der Waals surface area contributed by atoms with Gasteiger partial charge in [0.2, 0.25) is 5.91 Å². The molecule has 2 aromatic rings. The molecule has 3 N–H and O–H groups in total. The molecule has 188 valence electrons. The van der Waals surface area contributed by atoms with Crippen molar-refractivity contribution in [2.45, 2.75) is 58.9 Å². The Bertz CT molecular complexity index is 1100. The lowest BCUT2D eigenvalue weighted by molar-refractivity contribution is -0.136. The molecule has 1 heterocycles. The lowest BCUT2D eigenvalue weighted by Crippen LogP contribution is -2.26. The molecule has 1 aromatic carbocycles. The number of nitrogens with zero attached hydrogens (tertiary/aromatic N) is 1. The van der Waals surface area contributed by atoms with Gasteiger partial charge in [0.25, 0.3) is 0 Å². The van der Waals surface area contributed by atoms with E-state index in [1.54, 1.807) is 27.2 Å². The molecule has 0 atom stereocenters. The highest BCUT2D eigenvalue weighted by molar-refractivity contribution is 5.98. The Morgan fingerprint density at radius 3 is 2.37 bits per heavy atom. The quantitative estimate of drug-likeness (QED) is 0.421. The normalized spacial score (nSPS) is 14.0. The van der Waals surface area contributed by atoms with Crippen LogP contribution < -0.4 is 20.1 Å². The lowest BCUT2D eigenvalue weighted by atomic mass is 9.91. The van der Waals surface area contributed by atoms with E-state index in [4.69, 9.17) is 14.6 Å². The van der Waals surface area contributed by atoms with Crippen molar-refractivity contribution in [3.05, 3.63) is 40.6 Å². The monoisotopic (exact) mass is 481 g/mol. The average molecular weight is 482 g/mol. The van der Waals surface area contributed by atoms with E-state index in [0.717, 1.165) is 33.6 Å². The number of hydrogen-bond acceptors (Lipinski definition) is 6. The predicted octanol–water partition coefficient (Wildman–Crippen LogP) is 4.73. The summed E-state index contributed by atoms with van der Waals surface area (Å²) in [6.07, 6.45) is 8.34. The number of carboxylic acids is 1. The Labute approximate surface area is 206 Å². The summed E-state index contributed by atoms with van der Waals surface area (Å²) in [4.78, 5) is 27.8. The van der Waals surface area contributed by atoms with Crippen LogP contribution in [0.5, 0.6) is 11.5 Å². The maximum atomic E-state index is 12.5. The van der Waals surface area contributed by atoms with Gasteiger partial charge in [0, 0.05) is 52.2 Å². The first kappa shape index (κ1) is 26.1. The minimum absolute atomic E-state index is 0.0648. The summed E-state index contributed by atoms with van der Waals surface area (Å²) in [5, 5.41) is 14.9. The second kappa shape index (κ2) is 11.7. The van der Waals surface area contributed by atoms with E-state index in [-0.39, 0.29) is 18.9 Å². The molecule has 8 heteroatoms. The number of rotatable bonds is 10. The van der Waals surface area contributed by atoms with Crippen molar-refractivity contribution in [2.75, 3.05) is 26.1 Å². The number of methoxy groups -OCH3 is 2. The van der Waals surface area contributed by atoms with E-state index in [9.17, 15) is 9.59 Å². The molecule has 1 amide bonds. The van der Waals surface area contributed by atoms with Crippen LogP contribution in [0.25, 0.3) is 17.2 Å². The number of aliphatic carboxylic acids is 1. The second-order valence-electron chi connectivity index (χ2n) is 8.89. The van der Waals surface area contributed by atoms with Crippen LogP contribution in [0.4, 0.5) is 5.82 Å². The standard InChI is InChI=1S/C27H35N3O5/c1-16(27(33)28-13-12-23(31)32)14-21-17(2)26(35-5)24(18(3)25(21)34-4)19-10-11-22(29-15-19)30-20-8-6-7-9-20/h10-11,14-15,20H,6-9,12-13H2,1-5H3,(H,28,33)(H,29,30)(H,31,32). The second-order valence-corrected chi connectivity index (χ2v) is 8.89. The van der Waals surface area contributed by atoms with Gasteiger partial charge in [0.05, 0.1) is 20.6 Å². The molecule has 0 bridgehead atoms. The van der Waals surface area contributed by atoms with Crippen molar-refractivity contribution >= 4 is 23.8 Å². The number of ether oxygens (including phenoxy) is 2. The predicted molar refractivity (Wildman–Crippen MR) is 137 cm³/mol. The third kappa shape index (κ3) is 6.12. The van der Waals surface area contributed by atoms with Gasteiger partial charge >= 0.3 is 5.97 Å². The van der Waals surface area contributed by atoms with Gasteiger partial charge in [-0.25, -0.2) is 4.98 Å². The maximum absolute atomic E-state index is 12.5. The highest BCUT2D eigenvalue weighted by Crippen LogP contribution is 2.44. The highest BCUT2D eigenvalue weighted by Gasteiger charge is 2.22. The highest BCUT2D eigenvalue weighted by atomic mass is 16.5. The Balaban J connectivity index is 1.95. The van der Waals surface area contributed by atoms with Gasteiger partial charge in [0.1, 0.15) is 17.3 Å². The first-order valence-electron chi connectivity index (χ1n) is 11.9. The number of hydrogen-bond donors (Lipinski definition) is 3. The zero-order chi connectivity index (χ0) is 25.5. The third-order valence-corrected chi connectivity index (χ3v) is 6.44. The molecular weight excluding hydrogens is 446 g/mol. The van der Waals surface area contributed by atoms with Crippen LogP contribution in [0.2, 0.25) is 0 Å². The third-order valence-electron chi connectivity index (χ3n) is 6.44. The molecule has 0 radical (unpaired) electrons. The molecule has 1 aliphatic carbocycles. The number of pyridine rings is 1. The van der Waals surface area contributed by atoms with Gasteiger partial charge in [-0.15, -0.1) is 0 Å². The van der Waals surface area contributed by atoms with Gasteiger partial charge in [0.15, 0.2) is 0 Å². The minimum atomic E-state index is -0.961.